The molecule has 0 aromatic carbocycles. The Labute approximate surface area is 117 Å². The van der Waals surface area contributed by atoms with E-state index in [1.54, 1.807) is 0 Å². The second-order valence-corrected chi connectivity index (χ2v) is 6.86. The zero-order chi connectivity index (χ0) is 14.0. The molecule has 0 spiro atoms. The summed E-state index contributed by atoms with van der Waals surface area (Å²) in [5, 5.41) is 21.7. The smallest absolute Gasteiger partial charge is 0.326 e. The van der Waals surface area contributed by atoms with E-state index in [1.807, 2.05) is 0 Å². The van der Waals surface area contributed by atoms with Crippen LogP contribution in [0, 0.1) is 23.7 Å². The number of nitrogens with one attached hydrogen (secondary N) is 1. The number of aliphatic hydroxyl groups excluding tert-OH is 1. The van der Waals surface area contributed by atoms with Crippen molar-refractivity contribution in [1.82, 2.24) is 10.2 Å². The van der Waals surface area contributed by atoms with Crippen LogP contribution in [0.1, 0.15) is 25.7 Å². The van der Waals surface area contributed by atoms with E-state index in [2.05, 4.69) is 5.32 Å². The lowest BCUT2D eigenvalue weighted by atomic mass is 10.0. The molecule has 4 fully saturated rings. The number of likely N-dealkylation sites (tertiary alicyclic amines) is 1. The Kier molecular flexibility index (Phi) is 2.55. The van der Waals surface area contributed by atoms with Gasteiger partial charge in [-0.15, -0.1) is 0 Å². The number of nitrogens with zero attached hydrogens (tertiary/aromatic N) is 1. The molecule has 0 aromatic heterocycles. The van der Waals surface area contributed by atoms with Crippen molar-refractivity contribution in [2.24, 2.45) is 23.7 Å². The third kappa shape index (κ3) is 1.67. The summed E-state index contributed by atoms with van der Waals surface area (Å²) in [7, 11) is 0. The van der Waals surface area contributed by atoms with Crippen LogP contribution in [-0.2, 0) is 4.79 Å². The predicted molar refractivity (Wildman–Crippen MR) is 68.9 cm³/mol. The van der Waals surface area contributed by atoms with Gasteiger partial charge in [0.15, 0.2) is 0 Å². The summed E-state index contributed by atoms with van der Waals surface area (Å²) in [5.74, 6) is 1.78. The maximum absolute atomic E-state index is 12.3. The van der Waals surface area contributed by atoms with Crippen LogP contribution in [-0.4, -0.2) is 51.8 Å². The average Bonchev–Trinajstić information content (AvgIpc) is 2.81. The Bertz CT molecular complexity index is 452. The van der Waals surface area contributed by atoms with Crippen LogP contribution in [0.5, 0.6) is 0 Å². The average molecular weight is 280 g/mol. The highest BCUT2D eigenvalue weighted by Crippen LogP contribution is 2.65. The lowest BCUT2D eigenvalue weighted by Gasteiger charge is -2.22. The van der Waals surface area contributed by atoms with Crippen LogP contribution in [0.15, 0.2) is 0 Å². The number of hydrogen-bond donors (Lipinski definition) is 3. The number of aliphatic carboxylic acids is 1. The summed E-state index contributed by atoms with van der Waals surface area (Å²) >= 11 is 0. The zero-order valence-corrected chi connectivity index (χ0v) is 11.2. The fourth-order valence-electron chi connectivity index (χ4n) is 5.02. The van der Waals surface area contributed by atoms with Crippen molar-refractivity contribution in [3.05, 3.63) is 0 Å². The Morgan fingerprint density at radius 2 is 1.75 bits per heavy atom. The second-order valence-electron chi connectivity index (χ2n) is 6.86. The van der Waals surface area contributed by atoms with Gasteiger partial charge in [0.05, 0.1) is 6.10 Å². The van der Waals surface area contributed by atoms with E-state index >= 15 is 0 Å². The first kappa shape index (κ1) is 12.4. The first-order chi connectivity index (χ1) is 9.56. The highest BCUT2D eigenvalue weighted by Gasteiger charge is 2.65. The lowest BCUT2D eigenvalue weighted by molar-refractivity contribution is -0.141. The van der Waals surface area contributed by atoms with Crippen LogP contribution < -0.4 is 5.32 Å². The summed E-state index contributed by atoms with van der Waals surface area (Å²) in [6.07, 6.45) is 3.31. The van der Waals surface area contributed by atoms with Gasteiger partial charge in [0, 0.05) is 19.0 Å². The molecular formula is C14H20N2O4. The van der Waals surface area contributed by atoms with E-state index in [4.69, 9.17) is 5.11 Å². The largest absolute Gasteiger partial charge is 0.480 e. The van der Waals surface area contributed by atoms with E-state index in [9.17, 15) is 14.7 Å². The maximum Gasteiger partial charge on any atom is 0.326 e. The van der Waals surface area contributed by atoms with Crippen molar-refractivity contribution >= 4 is 12.0 Å². The van der Waals surface area contributed by atoms with Crippen molar-refractivity contribution in [3.8, 4) is 0 Å². The SMILES string of the molecule is O=C(O)[C@@H]1CC(O)CN1C(=O)NC1C2C3CCC(C3)C12. The van der Waals surface area contributed by atoms with Gasteiger partial charge in [0.1, 0.15) is 6.04 Å². The standard InChI is InChI=1S/C14H20N2O4/c17-8-4-9(13(18)19)16(5-8)14(20)15-12-10-6-1-2-7(3-6)11(10)12/h6-12,17H,1-5H2,(H,15,20)(H,18,19)/t6?,7?,8?,9-,10?,11?,12?/m0/s1. The van der Waals surface area contributed by atoms with E-state index in [0.29, 0.717) is 11.8 Å². The minimum Gasteiger partial charge on any atom is -0.480 e. The van der Waals surface area contributed by atoms with Gasteiger partial charge in [0.2, 0.25) is 0 Å². The number of hydrogen-bond acceptors (Lipinski definition) is 3. The highest BCUT2D eigenvalue weighted by molar-refractivity contribution is 5.83. The predicted octanol–water partition coefficient (Wildman–Crippen LogP) is 0.260. The molecule has 3 aliphatic carbocycles. The van der Waals surface area contributed by atoms with E-state index in [0.717, 1.165) is 11.8 Å². The monoisotopic (exact) mass is 280 g/mol. The molecule has 2 bridgehead atoms. The van der Waals surface area contributed by atoms with Gasteiger partial charge in [-0.1, -0.05) is 0 Å². The molecule has 6 heteroatoms. The van der Waals surface area contributed by atoms with Crippen molar-refractivity contribution in [2.75, 3.05) is 6.54 Å². The first-order valence-electron chi connectivity index (χ1n) is 7.54. The van der Waals surface area contributed by atoms with Gasteiger partial charge in [-0.2, -0.15) is 0 Å². The molecule has 110 valence electrons. The number of aliphatic hydroxyl groups is 1. The minimum absolute atomic E-state index is 0.123. The molecule has 4 rings (SSSR count). The molecule has 0 aromatic rings. The van der Waals surface area contributed by atoms with E-state index < -0.39 is 18.1 Å². The minimum atomic E-state index is -1.03. The number of fused-ring (bicyclic) bond motifs is 5. The summed E-state index contributed by atoms with van der Waals surface area (Å²) in [6.45, 7) is 0.123. The first-order valence-corrected chi connectivity index (χ1v) is 7.54. The molecule has 2 amide bonds. The van der Waals surface area contributed by atoms with Crippen LogP contribution in [0.4, 0.5) is 4.79 Å². The molecule has 1 heterocycles. The number of carboxylic acids is 1. The molecule has 1 aliphatic heterocycles. The quantitative estimate of drug-likeness (QED) is 0.677. The summed E-state index contributed by atoms with van der Waals surface area (Å²) < 4.78 is 0. The number of urea groups is 1. The van der Waals surface area contributed by atoms with Crippen LogP contribution in [0.2, 0.25) is 0 Å². The van der Waals surface area contributed by atoms with Crippen molar-refractivity contribution in [2.45, 2.75) is 43.9 Å². The third-order valence-electron chi connectivity index (χ3n) is 5.85. The Morgan fingerprint density at radius 1 is 1.10 bits per heavy atom. The van der Waals surface area contributed by atoms with Crippen LogP contribution >= 0.6 is 0 Å². The second kappa shape index (κ2) is 4.10. The molecule has 6 atom stereocenters. The molecule has 5 unspecified atom stereocenters. The topological polar surface area (TPSA) is 89.9 Å². The van der Waals surface area contributed by atoms with Gasteiger partial charge >= 0.3 is 12.0 Å². The molecule has 3 saturated carbocycles. The number of carbonyl (C=O) groups excluding carboxylic acids is 1. The molecular weight excluding hydrogens is 260 g/mol. The van der Waals surface area contributed by atoms with E-state index in [1.165, 1.54) is 24.2 Å². The van der Waals surface area contributed by atoms with Crippen molar-refractivity contribution < 1.29 is 19.8 Å². The fourth-order valence-corrected chi connectivity index (χ4v) is 5.02. The number of rotatable bonds is 2. The van der Waals surface area contributed by atoms with Gasteiger partial charge in [-0.25, -0.2) is 9.59 Å². The summed E-state index contributed by atoms with van der Waals surface area (Å²) in [5.41, 5.74) is 0. The fraction of sp³-hybridized carbons (Fsp3) is 0.857. The van der Waals surface area contributed by atoms with Crippen molar-refractivity contribution in [1.29, 1.82) is 0 Å². The number of β-amino-alcohol motifs (C(OH)–C–C–N with tert-alkyl or cyclic N) is 1. The maximum atomic E-state index is 12.3. The van der Waals surface area contributed by atoms with Gasteiger partial charge < -0.3 is 20.4 Å². The van der Waals surface area contributed by atoms with Crippen molar-refractivity contribution in [3.63, 3.8) is 0 Å². The third-order valence-corrected chi connectivity index (χ3v) is 5.85. The molecule has 0 radical (unpaired) electrons. The van der Waals surface area contributed by atoms with Crippen LogP contribution in [0.25, 0.3) is 0 Å². The zero-order valence-electron chi connectivity index (χ0n) is 11.2. The number of carbonyl (C=O) groups is 2. The molecule has 6 nitrogen and oxygen atoms in total. The van der Waals surface area contributed by atoms with Gasteiger partial charge in [-0.05, 0) is 42.9 Å². The number of carboxylic acid groups (broad SMARTS) is 1. The Hall–Kier alpha value is -1.30. The number of amides is 2. The summed E-state index contributed by atoms with van der Waals surface area (Å²) in [6, 6.07) is -0.950. The molecule has 3 N–H and O–H groups in total. The highest BCUT2D eigenvalue weighted by atomic mass is 16.4. The lowest BCUT2D eigenvalue weighted by Crippen LogP contribution is -2.47. The summed E-state index contributed by atoms with van der Waals surface area (Å²) in [4.78, 5) is 24.7. The molecule has 1 saturated heterocycles. The van der Waals surface area contributed by atoms with Crippen LogP contribution in [0.3, 0.4) is 0 Å². The Balaban J connectivity index is 1.40. The van der Waals surface area contributed by atoms with E-state index in [-0.39, 0.29) is 25.0 Å². The Morgan fingerprint density at radius 3 is 2.35 bits per heavy atom. The van der Waals surface area contributed by atoms with Gasteiger partial charge in [0.25, 0.3) is 0 Å². The normalized spacial score (nSPS) is 48.2. The molecule has 20 heavy (non-hydrogen) atoms. The van der Waals surface area contributed by atoms with Gasteiger partial charge in [-0.3, -0.25) is 0 Å². The molecule has 4 aliphatic rings.